The van der Waals surface area contributed by atoms with Crippen LogP contribution in [-0.2, 0) is 9.84 Å². The fraction of sp³-hybridized carbons (Fsp3) is 0.200. The van der Waals surface area contributed by atoms with Crippen LogP contribution in [0.5, 0.6) is 5.75 Å². The molecule has 0 unspecified atom stereocenters. The van der Waals surface area contributed by atoms with Gasteiger partial charge < -0.3 is 5.11 Å². The first kappa shape index (κ1) is 13.6. The molecule has 0 spiro atoms. The van der Waals surface area contributed by atoms with E-state index < -0.39 is 9.84 Å². The summed E-state index contributed by atoms with van der Waals surface area (Å²) in [5, 5.41) is 9.24. The van der Waals surface area contributed by atoms with Gasteiger partial charge in [0.25, 0.3) is 0 Å². The fourth-order valence-corrected chi connectivity index (χ4v) is 3.57. The molecule has 0 aliphatic carbocycles. The molecule has 0 heterocycles. The van der Waals surface area contributed by atoms with Gasteiger partial charge in [-0.25, -0.2) is 8.42 Å². The molecule has 3 nitrogen and oxygen atoms in total. The van der Waals surface area contributed by atoms with E-state index in [0.29, 0.717) is 4.90 Å². The second kappa shape index (κ2) is 5.05. The molecule has 0 saturated carbocycles. The van der Waals surface area contributed by atoms with Crippen molar-refractivity contribution in [2.45, 2.75) is 29.6 Å². The lowest BCUT2D eigenvalue weighted by Crippen LogP contribution is -2.06. The highest BCUT2D eigenvalue weighted by molar-refractivity contribution is 7.91. The molecule has 0 aliphatic heterocycles. The van der Waals surface area contributed by atoms with Crippen LogP contribution in [0.2, 0.25) is 0 Å². The first-order valence-corrected chi connectivity index (χ1v) is 7.54. The lowest BCUT2D eigenvalue weighted by Gasteiger charge is -2.13. The molecule has 4 heteroatoms. The van der Waals surface area contributed by atoms with Crippen molar-refractivity contribution in [2.24, 2.45) is 0 Å². The third-order valence-electron chi connectivity index (χ3n) is 2.98. The summed E-state index contributed by atoms with van der Waals surface area (Å²) in [6.45, 7) is 3.93. The van der Waals surface area contributed by atoms with Gasteiger partial charge in [-0.05, 0) is 41.8 Å². The Bertz CT molecular complexity index is 671. The van der Waals surface area contributed by atoms with Crippen LogP contribution in [-0.4, -0.2) is 13.5 Å². The van der Waals surface area contributed by atoms with E-state index in [-0.39, 0.29) is 16.6 Å². The molecule has 2 aromatic rings. The molecule has 100 valence electrons. The Kier molecular flexibility index (Phi) is 3.62. The van der Waals surface area contributed by atoms with Crippen LogP contribution < -0.4 is 0 Å². The molecule has 0 saturated heterocycles. The molecule has 0 bridgehead atoms. The van der Waals surface area contributed by atoms with E-state index in [4.69, 9.17) is 0 Å². The van der Waals surface area contributed by atoms with Crippen molar-refractivity contribution in [1.82, 2.24) is 0 Å². The Morgan fingerprint density at radius 2 is 1.53 bits per heavy atom. The third kappa shape index (κ3) is 2.63. The Morgan fingerprint density at radius 3 is 2.11 bits per heavy atom. The van der Waals surface area contributed by atoms with E-state index in [0.717, 1.165) is 5.56 Å². The van der Waals surface area contributed by atoms with E-state index >= 15 is 0 Å². The zero-order valence-corrected chi connectivity index (χ0v) is 11.7. The Labute approximate surface area is 113 Å². The van der Waals surface area contributed by atoms with Crippen LogP contribution in [0.3, 0.4) is 0 Å². The summed E-state index contributed by atoms with van der Waals surface area (Å²) < 4.78 is 25.2. The lowest BCUT2D eigenvalue weighted by molar-refractivity contribution is 0.475. The van der Waals surface area contributed by atoms with Gasteiger partial charge in [0.15, 0.2) is 0 Å². The molecule has 0 fully saturated rings. The summed E-state index contributed by atoms with van der Waals surface area (Å²) in [7, 11) is -3.54. The van der Waals surface area contributed by atoms with Crippen LogP contribution in [0.1, 0.15) is 25.3 Å². The number of hydrogen-bond donors (Lipinski definition) is 1. The normalized spacial score (nSPS) is 11.7. The Balaban J connectivity index is 2.60. The van der Waals surface area contributed by atoms with Crippen LogP contribution in [0, 0.1) is 0 Å². The van der Waals surface area contributed by atoms with Gasteiger partial charge in [0.2, 0.25) is 9.84 Å². The minimum Gasteiger partial charge on any atom is -0.508 e. The summed E-state index contributed by atoms with van der Waals surface area (Å²) in [5.41, 5.74) is 0.801. The maximum absolute atomic E-state index is 12.6. The number of benzene rings is 2. The standard InChI is InChI=1S/C15H16O3S/c1-11(2)14-5-3-4-6-15(14)19(17,18)13-9-7-12(16)8-10-13/h3-11,16H,1-2H3. The molecule has 0 atom stereocenters. The van der Waals surface area contributed by atoms with E-state index in [2.05, 4.69) is 0 Å². The van der Waals surface area contributed by atoms with Crippen molar-refractivity contribution >= 4 is 9.84 Å². The fourth-order valence-electron chi connectivity index (χ4n) is 1.95. The maximum Gasteiger partial charge on any atom is 0.206 e. The molecule has 19 heavy (non-hydrogen) atoms. The molecule has 1 N–H and O–H groups in total. The van der Waals surface area contributed by atoms with Crippen molar-refractivity contribution in [3.05, 3.63) is 54.1 Å². The van der Waals surface area contributed by atoms with E-state index in [1.54, 1.807) is 12.1 Å². The average Bonchev–Trinajstić information content (AvgIpc) is 2.39. The van der Waals surface area contributed by atoms with Crippen molar-refractivity contribution in [3.8, 4) is 5.75 Å². The molecular formula is C15H16O3S. The molecule has 2 aromatic carbocycles. The third-order valence-corrected chi connectivity index (χ3v) is 4.82. The van der Waals surface area contributed by atoms with Crippen molar-refractivity contribution in [1.29, 1.82) is 0 Å². The van der Waals surface area contributed by atoms with Crippen molar-refractivity contribution < 1.29 is 13.5 Å². The summed E-state index contributed by atoms with van der Waals surface area (Å²) in [5.74, 6) is 0.180. The van der Waals surface area contributed by atoms with E-state index in [1.807, 2.05) is 26.0 Å². The Hall–Kier alpha value is -1.81. The predicted molar refractivity (Wildman–Crippen MR) is 74.1 cm³/mol. The summed E-state index contributed by atoms with van der Waals surface area (Å²) >= 11 is 0. The molecule has 0 amide bonds. The minimum absolute atomic E-state index is 0.0519. The number of phenols is 1. The van der Waals surface area contributed by atoms with Crippen LogP contribution in [0.25, 0.3) is 0 Å². The monoisotopic (exact) mass is 276 g/mol. The van der Waals surface area contributed by atoms with Gasteiger partial charge in [0.1, 0.15) is 5.75 Å². The largest absolute Gasteiger partial charge is 0.508 e. The van der Waals surface area contributed by atoms with E-state index in [9.17, 15) is 13.5 Å². The second-order valence-electron chi connectivity index (χ2n) is 4.69. The van der Waals surface area contributed by atoms with Crippen molar-refractivity contribution in [3.63, 3.8) is 0 Å². The van der Waals surface area contributed by atoms with Crippen LogP contribution in [0.15, 0.2) is 58.3 Å². The van der Waals surface area contributed by atoms with Gasteiger partial charge in [-0.1, -0.05) is 32.0 Å². The summed E-state index contributed by atoms with van der Waals surface area (Å²) in [6.07, 6.45) is 0. The molecule has 2 rings (SSSR count). The van der Waals surface area contributed by atoms with E-state index in [1.165, 1.54) is 24.3 Å². The summed E-state index contributed by atoms with van der Waals surface area (Å²) in [6, 6.07) is 12.6. The number of aromatic hydroxyl groups is 1. The van der Waals surface area contributed by atoms with Gasteiger partial charge in [0, 0.05) is 0 Å². The summed E-state index contributed by atoms with van der Waals surface area (Å²) in [4.78, 5) is 0.522. The highest BCUT2D eigenvalue weighted by atomic mass is 32.2. The van der Waals surface area contributed by atoms with Gasteiger partial charge in [0.05, 0.1) is 9.79 Å². The second-order valence-corrected chi connectivity index (χ2v) is 6.61. The van der Waals surface area contributed by atoms with Gasteiger partial charge in [-0.2, -0.15) is 0 Å². The lowest BCUT2D eigenvalue weighted by atomic mass is 10.0. The maximum atomic E-state index is 12.6. The SMILES string of the molecule is CC(C)c1ccccc1S(=O)(=O)c1ccc(O)cc1. The number of sulfone groups is 1. The quantitative estimate of drug-likeness (QED) is 0.935. The van der Waals surface area contributed by atoms with Crippen molar-refractivity contribution in [2.75, 3.05) is 0 Å². The first-order valence-electron chi connectivity index (χ1n) is 6.06. The zero-order chi connectivity index (χ0) is 14.0. The van der Waals surface area contributed by atoms with Gasteiger partial charge >= 0.3 is 0 Å². The molecule has 0 aliphatic rings. The topological polar surface area (TPSA) is 54.4 Å². The van der Waals surface area contributed by atoms with Crippen LogP contribution >= 0.6 is 0 Å². The molecule has 0 radical (unpaired) electrons. The smallest absolute Gasteiger partial charge is 0.206 e. The average molecular weight is 276 g/mol. The molecule has 0 aromatic heterocycles. The van der Waals surface area contributed by atoms with Crippen LogP contribution in [0.4, 0.5) is 0 Å². The number of rotatable bonds is 3. The minimum atomic E-state index is -3.54. The van der Waals surface area contributed by atoms with Gasteiger partial charge in [-0.3, -0.25) is 0 Å². The highest BCUT2D eigenvalue weighted by Gasteiger charge is 2.21. The molecular weight excluding hydrogens is 260 g/mol. The number of phenolic OH excluding ortho intramolecular Hbond substituents is 1. The Morgan fingerprint density at radius 1 is 0.947 bits per heavy atom. The number of hydrogen-bond acceptors (Lipinski definition) is 3. The zero-order valence-electron chi connectivity index (χ0n) is 10.9. The highest BCUT2D eigenvalue weighted by Crippen LogP contribution is 2.29. The first-order chi connectivity index (χ1) is 8.93. The predicted octanol–water partition coefficient (Wildman–Crippen LogP) is 3.35. The van der Waals surface area contributed by atoms with Gasteiger partial charge in [-0.15, -0.1) is 0 Å².